The van der Waals surface area contributed by atoms with Crippen molar-refractivity contribution in [3.63, 3.8) is 0 Å². The van der Waals surface area contributed by atoms with Crippen LogP contribution in [-0.4, -0.2) is 15.9 Å². The quantitative estimate of drug-likeness (QED) is 0.891. The predicted molar refractivity (Wildman–Crippen MR) is 77.7 cm³/mol. The van der Waals surface area contributed by atoms with Gasteiger partial charge in [-0.25, -0.2) is 0 Å². The Kier molecular flexibility index (Phi) is 3.52. The number of anilines is 2. The largest absolute Gasteiger partial charge is 0.382 e. The minimum absolute atomic E-state index is 0.213. The molecular weight excluding hydrogens is 244 g/mol. The first-order valence-electron chi connectivity index (χ1n) is 5.87. The van der Waals surface area contributed by atoms with Gasteiger partial charge >= 0.3 is 0 Å². The summed E-state index contributed by atoms with van der Waals surface area (Å²) in [5.41, 5.74) is 8.11. The highest BCUT2D eigenvalue weighted by Crippen LogP contribution is 2.36. The highest BCUT2D eigenvalue weighted by molar-refractivity contribution is 7.11. The zero-order valence-electron chi connectivity index (χ0n) is 10.9. The normalized spacial score (nSPS) is 11.5. The van der Waals surface area contributed by atoms with E-state index in [0.29, 0.717) is 5.82 Å². The van der Waals surface area contributed by atoms with Crippen LogP contribution in [0.5, 0.6) is 0 Å². The van der Waals surface area contributed by atoms with Crippen LogP contribution in [0.1, 0.15) is 20.8 Å². The molecule has 2 aromatic rings. The number of nitrogens with two attached hydrogens (primary N) is 1. The molecule has 0 aliphatic heterocycles. The molecule has 0 saturated heterocycles. The van der Waals surface area contributed by atoms with E-state index in [2.05, 4.69) is 35.4 Å². The summed E-state index contributed by atoms with van der Waals surface area (Å²) in [4.78, 5) is 4.13. The number of pyridine rings is 1. The van der Waals surface area contributed by atoms with E-state index in [4.69, 9.17) is 5.73 Å². The number of rotatable bonds is 3. The monoisotopic (exact) mass is 262 g/mol. The molecule has 5 heteroatoms. The van der Waals surface area contributed by atoms with Crippen LogP contribution in [-0.2, 0) is 0 Å². The first-order valence-corrected chi connectivity index (χ1v) is 6.64. The van der Waals surface area contributed by atoms with Gasteiger partial charge in [0, 0.05) is 24.5 Å². The summed E-state index contributed by atoms with van der Waals surface area (Å²) in [6.07, 6.45) is 3.56. The number of nitrogens with one attached hydrogen (secondary N) is 1. The minimum atomic E-state index is 0.213. The molecule has 0 bridgehead atoms. The molecule has 18 heavy (non-hydrogen) atoms. The summed E-state index contributed by atoms with van der Waals surface area (Å²) < 4.78 is 4.22. The molecule has 2 heterocycles. The van der Waals surface area contributed by atoms with E-state index < -0.39 is 0 Å². The Bertz CT molecular complexity index is 514. The Morgan fingerprint density at radius 2 is 2.17 bits per heavy atom. The molecule has 3 N–H and O–H groups in total. The summed E-state index contributed by atoms with van der Waals surface area (Å²) in [7, 11) is 0. The van der Waals surface area contributed by atoms with Crippen LogP contribution in [0.2, 0.25) is 0 Å². The molecule has 0 saturated carbocycles. The maximum atomic E-state index is 5.94. The average molecular weight is 262 g/mol. The first-order chi connectivity index (χ1) is 8.47. The van der Waals surface area contributed by atoms with Crippen molar-refractivity contribution in [2.75, 3.05) is 17.6 Å². The van der Waals surface area contributed by atoms with Gasteiger partial charge in [-0.15, -0.1) is 0 Å². The van der Waals surface area contributed by atoms with Crippen LogP contribution >= 0.6 is 11.5 Å². The smallest absolute Gasteiger partial charge is 0.147 e. The average Bonchev–Trinajstić information content (AvgIpc) is 2.68. The maximum absolute atomic E-state index is 5.94. The minimum Gasteiger partial charge on any atom is -0.382 e. The molecule has 0 amide bonds. The lowest BCUT2D eigenvalue weighted by atomic mass is 9.97. The molecule has 0 aliphatic rings. The Hall–Kier alpha value is -1.62. The lowest BCUT2D eigenvalue weighted by Crippen LogP contribution is -2.18. The van der Waals surface area contributed by atoms with Gasteiger partial charge in [-0.2, -0.15) is 4.37 Å². The summed E-state index contributed by atoms with van der Waals surface area (Å²) >= 11 is 1.40. The molecule has 0 atom stereocenters. The Balaban J connectivity index is 2.28. The second-order valence-corrected chi connectivity index (χ2v) is 6.20. The van der Waals surface area contributed by atoms with Crippen LogP contribution in [0.3, 0.4) is 0 Å². The zero-order valence-corrected chi connectivity index (χ0v) is 11.7. The van der Waals surface area contributed by atoms with Gasteiger partial charge in [0.2, 0.25) is 0 Å². The van der Waals surface area contributed by atoms with E-state index in [0.717, 1.165) is 22.7 Å². The van der Waals surface area contributed by atoms with Gasteiger partial charge in [0.25, 0.3) is 0 Å². The third kappa shape index (κ3) is 2.98. The fourth-order valence-corrected chi connectivity index (χ4v) is 2.29. The second kappa shape index (κ2) is 4.94. The highest BCUT2D eigenvalue weighted by Gasteiger charge is 2.16. The van der Waals surface area contributed by atoms with Crippen LogP contribution in [0.4, 0.5) is 10.8 Å². The first kappa shape index (κ1) is 12.8. The van der Waals surface area contributed by atoms with Crippen LogP contribution in [0.15, 0.2) is 24.5 Å². The molecule has 0 spiro atoms. The van der Waals surface area contributed by atoms with Gasteiger partial charge in [-0.3, -0.25) is 4.98 Å². The highest BCUT2D eigenvalue weighted by atomic mass is 32.1. The van der Waals surface area contributed by atoms with E-state index in [1.807, 2.05) is 18.3 Å². The van der Waals surface area contributed by atoms with Gasteiger partial charge in [0.15, 0.2) is 0 Å². The standard InChI is InChI=1S/C13H18N4S/c1-13(2,3)8-16-12-10(11(14)17-18-12)9-5-4-6-15-7-9/h4-7,16H,8H2,1-3H3,(H2,14,17). The molecular formula is C13H18N4S. The van der Waals surface area contributed by atoms with E-state index in [1.54, 1.807) is 6.20 Å². The molecule has 96 valence electrons. The summed E-state index contributed by atoms with van der Waals surface area (Å²) in [6, 6.07) is 3.90. The van der Waals surface area contributed by atoms with Gasteiger partial charge in [0.1, 0.15) is 10.8 Å². The van der Waals surface area contributed by atoms with Crippen molar-refractivity contribution in [3.8, 4) is 11.1 Å². The van der Waals surface area contributed by atoms with E-state index >= 15 is 0 Å². The Labute approximate surface area is 111 Å². The summed E-state index contributed by atoms with van der Waals surface area (Å²) in [5.74, 6) is 0.560. The van der Waals surface area contributed by atoms with E-state index in [9.17, 15) is 0 Å². The van der Waals surface area contributed by atoms with Crippen molar-refractivity contribution in [1.82, 2.24) is 9.36 Å². The summed E-state index contributed by atoms with van der Waals surface area (Å²) in [5, 5.41) is 4.43. The van der Waals surface area contributed by atoms with Crippen molar-refractivity contribution < 1.29 is 0 Å². The number of hydrogen-bond donors (Lipinski definition) is 2. The number of nitrogens with zero attached hydrogens (tertiary/aromatic N) is 2. The lowest BCUT2D eigenvalue weighted by molar-refractivity contribution is 0.443. The fourth-order valence-electron chi connectivity index (χ4n) is 1.56. The van der Waals surface area contributed by atoms with Crippen molar-refractivity contribution in [2.24, 2.45) is 5.41 Å². The third-order valence-electron chi connectivity index (χ3n) is 2.45. The van der Waals surface area contributed by atoms with E-state index in [1.165, 1.54) is 11.5 Å². The molecule has 2 rings (SSSR count). The molecule has 0 fully saturated rings. The van der Waals surface area contributed by atoms with Gasteiger partial charge in [-0.1, -0.05) is 26.8 Å². The molecule has 0 aliphatic carbocycles. The maximum Gasteiger partial charge on any atom is 0.147 e. The van der Waals surface area contributed by atoms with Crippen LogP contribution in [0, 0.1) is 5.41 Å². The van der Waals surface area contributed by atoms with Crippen LogP contribution in [0.25, 0.3) is 11.1 Å². The van der Waals surface area contributed by atoms with Crippen molar-refractivity contribution in [2.45, 2.75) is 20.8 Å². The lowest BCUT2D eigenvalue weighted by Gasteiger charge is -2.19. The predicted octanol–water partition coefficient (Wildman–Crippen LogP) is 3.25. The molecule has 2 aromatic heterocycles. The van der Waals surface area contributed by atoms with Crippen molar-refractivity contribution >= 4 is 22.4 Å². The van der Waals surface area contributed by atoms with Crippen LogP contribution < -0.4 is 11.1 Å². The van der Waals surface area contributed by atoms with Gasteiger partial charge < -0.3 is 11.1 Å². The third-order valence-corrected chi connectivity index (χ3v) is 3.27. The zero-order chi connectivity index (χ0) is 13.2. The molecule has 0 unspecified atom stereocenters. The van der Waals surface area contributed by atoms with Gasteiger partial charge in [-0.05, 0) is 23.0 Å². The number of aromatic nitrogens is 2. The Morgan fingerprint density at radius 3 is 2.78 bits per heavy atom. The number of nitrogen functional groups attached to an aromatic ring is 1. The molecule has 0 aromatic carbocycles. The van der Waals surface area contributed by atoms with Gasteiger partial charge in [0.05, 0.1) is 5.56 Å². The van der Waals surface area contributed by atoms with Crippen molar-refractivity contribution in [1.29, 1.82) is 0 Å². The summed E-state index contributed by atoms with van der Waals surface area (Å²) in [6.45, 7) is 7.44. The van der Waals surface area contributed by atoms with E-state index in [-0.39, 0.29) is 5.41 Å². The van der Waals surface area contributed by atoms with Crippen molar-refractivity contribution in [3.05, 3.63) is 24.5 Å². The topological polar surface area (TPSA) is 63.8 Å². The SMILES string of the molecule is CC(C)(C)CNc1snc(N)c1-c1cccnc1. The number of hydrogen-bond acceptors (Lipinski definition) is 5. The molecule has 4 nitrogen and oxygen atoms in total. The second-order valence-electron chi connectivity index (χ2n) is 5.43. The Morgan fingerprint density at radius 1 is 1.39 bits per heavy atom. The molecule has 0 radical (unpaired) electrons. The fraction of sp³-hybridized carbons (Fsp3) is 0.385.